The fourth-order valence-corrected chi connectivity index (χ4v) is 4.20. The maximum Gasteiger partial charge on any atom is 0.205 e. The zero-order valence-electron chi connectivity index (χ0n) is 16.0. The average Bonchev–Trinajstić information content (AvgIpc) is 3.13. The van der Waals surface area contributed by atoms with E-state index in [0.717, 1.165) is 42.8 Å². The molecule has 2 aromatic carbocycles. The van der Waals surface area contributed by atoms with Crippen molar-refractivity contribution in [2.45, 2.75) is 19.3 Å². The number of hydrogen-bond acceptors (Lipinski definition) is 4. The first-order valence-electron chi connectivity index (χ1n) is 9.75. The Morgan fingerprint density at radius 2 is 1.93 bits per heavy atom. The Kier molecular flexibility index (Phi) is 4.37. The van der Waals surface area contributed by atoms with E-state index in [9.17, 15) is 0 Å². The lowest BCUT2D eigenvalue weighted by atomic mass is 10.0. The lowest BCUT2D eigenvalue weighted by Gasteiger charge is -2.40. The van der Waals surface area contributed by atoms with E-state index in [2.05, 4.69) is 81.7 Å². The molecule has 5 rings (SSSR count). The smallest absolute Gasteiger partial charge is 0.205 e. The third-order valence-electron chi connectivity index (χ3n) is 5.57. The molecule has 0 saturated heterocycles. The van der Waals surface area contributed by atoms with E-state index in [-0.39, 0.29) is 6.29 Å². The lowest BCUT2D eigenvalue weighted by molar-refractivity contribution is 0.165. The molecule has 2 aliphatic heterocycles. The number of nitrogens with zero attached hydrogens (tertiary/aromatic N) is 3. The number of benzene rings is 2. The minimum Gasteiger partial charge on any atom is -0.482 e. The van der Waals surface area contributed by atoms with Gasteiger partial charge in [0.05, 0.1) is 12.6 Å². The van der Waals surface area contributed by atoms with Gasteiger partial charge in [-0.1, -0.05) is 48.5 Å². The van der Waals surface area contributed by atoms with E-state index in [1.807, 2.05) is 0 Å². The Labute approximate surface area is 164 Å². The van der Waals surface area contributed by atoms with Crippen molar-refractivity contribution >= 4 is 17.1 Å². The average molecular weight is 372 g/mol. The van der Waals surface area contributed by atoms with Gasteiger partial charge in [-0.3, -0.25) is 4.57 Å². The summed E-state index contributed by atoms with van der Waals surface area (Å²) in [6.07, 6.45) is 2.91. The topological polar surface area (TPSA) is 41.8 Å². The van der Waals surface area contributed by atoms with Gasteiger partial charge in [0.2, 0.25) is 6.29 Å². The lowest BCUT2D eigenvalue weighted by Crippen LogP contribution is -2.41. The van der Waals surface area contributed by atoms with Gasteiger partial charge >= 0.3 is 0 Å². The SMILES string of the molecule is COc1cc2ccccc2n1C1N=CC2=C(CNCC2)N1Cc1ccccc1. The van der Waals surface area contributed by atoms with Crippen molar-refractivity contribution in [3.8, 4) is 5.88 Å². The minimum absolute atomic E-state index is 0.172. The standard InChI is InChI=1S/C23H24N4O/c1-28-22-13-18-9-5-6-10-20(18)27(22)23-25-14-19-11-12-24-15-21(19)26(23)16-17-7-3-2-4-8-17/h2-10,13-14,23-24H,11-12,15-16H2,1H3. The Balaban J connectivity index is 1.63. The number of aliphatic imine (C=N–C) groups is 1. The molecule has 0 amide bonds. The van der Waals surface area contributed by atoms with Crippen LogP contribution >= 0.6 is 0 Å². The molecule has 142 valence electrons. The second-order valence-corrected chi connectivity index (χ2v) is 7.25. The molecule has 0 aliphatic carbocycles. The molecule has 3 aromatic rings. The van der Waals surface area contributed by atoms with E-state index in [0.29, 0.717) is 0 Å². The molecule has 3 heterocycles. The molecule has 0 radical (unpaired) electrons. The molecule has 1 unspecified atom stereocenters. The van der Waals surface area contributed by atoms with E-state index in [1.54, 1.807) is 7.11 Å². The fourth-order valence-electron chi connectivity index (χ4n) is 4.20. The molecule has 0 bridgehead atoms. The summed E-state index contributed by atoms with van der Waals surface area (Å²) in [4.78, 5) is 7.40. The third kappa shape index (κ3) is 2.88. The highest BCUT2D eigenvalue weighted by molar-refractivity contribution is 5.84. The second-order valence-electron chi connectivity index (χ2n) is 7.25. The van der Waals surface area contributed by atoms with Gasteiger partial charge in [-0.05, 0) is 30.2 Å². The van der Waals surface area contributed by atoms with E-state index >= 15 is 0 Å². The number of aromatic nitrogens is 1. The van der Waals surface area contributed by atoms with Crippen molar-refractivity contribution in [1.82, 2.24) is 14.8 Å². The van der Waals surface area contributed by atoms with Crippen LogP contribution in [-0.2, 0) is 6.54 Å². The van der Waals surface area contributed by atoms with Crippen LogP contribution in [0.5, 0.6) is 5.88 Å². The molecule has 5 heteroatoms. The monoisotopic (exact) mass is 372 g/mol. The van der Waals surface area contributed by atoms with Crippen molar-refractivity contribution in [2.24, 2.45) is 4.99 Å². The predicted molar refractivity (Wildman–Crippen MR) is 113 cm³/mol. The van der Waals surface area contributed by atoms with Crippen molar-refractivity contribution in [1.29, 1.82) is 0 Å². The summed E-state index contributed by atoms with van der Waals surface area (Å²) in [6, 6.07) is 21.1. The number of para-hydroxylation sites is 1. The zero-order chi connectivity index (χ0) is 18.9. The Morgan fingerprint density at radius 1 is 1.11 bits per heavy atom. The molecule has 1 N–H and O–H groups in total. The number of methoxy groups -OCH3 is 1. The molecule has 0 fully saturated rings. The molecule has 1 atom stereocenters. The summed E-state index contributed by atoms with van der Waals surface area (Å²) >= 11 is 0. The predicted octanol–water partition coefficient (Wildman–Crippen LogP) is 3.94. The summed E-state index contributed by atoms with van der Waals surface area (Å²) < 4.78 is 7.95. The van der Waals surface area contributed by atoms with Crippen LogP contribution in [0.3, 0.4) is 0 Å². The molecule has 1 aromatic heterocycles. The van der Waals surface area contributed by atoms with Crippen LogP contribution in [-0.4, -0.2) is 35.9 Å². The number of hydrogen-bond donors (Lipinski definition) is 1. The van der Waals surface area contributed by atoms with Crippen molar-refractivity contribution in [2.75, 3.05) is 20.2 Å². The highest BCUT2D eigenvalue weighted by Crippen LogP contribution is 2.37. The van der Waals surface area contributed by atoms with Crippen LogP contribution in [0, 0.1) is 0 Å². The highest BCUT2D eigenvalue weighted by Gasteiger charge is 2.31. The number of ether oxygens (including phenoxy) is 1. The fraction of sp³-hybridized carbons (Fsp3) is 0.261. The third-order valence-corrected chi connectivity index (χ3v) is 5.57. The zero-order valence-corrected chi connectivity index (χ0v) is 16.0. The Hall–Kier alpha value is -3.05. The van der Waals surface area contributed by atoms with Crippen LogP contribution < -0.4 is 10.1 Å². The van der Waals surface area contributed by atoms with Gasteiger partial charge in [0.25, 0.3) is 0 Å². The first-order valence-corrected chi connectivity index (χ1v) is 9.75. The normalized spacial score (nSPS) is 19.2. The second kappa shape index (κ2) is 7.17. The van der Waals surface area contributed by atoms with E-state index in [1.165, 1.54) is 16.8 Å². The molecule has 0 saturated carbocycles. The Morgan fingerprint density at radius 3 is 2.79 bits per heavy atom. The van der Waals surface area contributed by atoms with Crippen molar-refractivity contribution < 1.29 is 4.74 Å². The first kappa shape index (κ1) is 17.1. The van der Waals surface area contributed by atoms with Gasteiger partial charge < -0.3 is 15.0 Å². The molecule has 0 spiro atoms. The summed E-state index contributed by atoms with van der Waals surface area (Å²) in [5, 5.41) is 4.69. The van der Waals surface area contributed by atoms with Gasteiger partial charge in [-0.2, -0.15) is 0 Å². The van der Waals surface area contributed by atoms with E-state index < -0.39 is 0 Å². The quantitative estimate of drug-likeness (QED) is 0.754. The highest BCUT2D eigenvalue weighted by atomic mass is 16.5. The number of rotatable bonds is 4. The van der Waals surface area contributed by atoms with Crippen LogP contribution in [0.4, 0.5) is 0 Å². The van der Waals surface area contributed by atoms with Gasteiger partial charge in [0.1, 0.15) is 0 Å². The van der Waals surface area contributed by atoms with E-state index in [4.69, 9.17) is 9.73 Å². The maximum absolute atomic E-state index is 5.75. The van der Waals surface area contributed by atoms with Gasteiger partial charge in [0, 0.05) is 36.5 Å². The summed E-state index contributed by atoms with van der Waals surface area (Å²) in [5.74, 6) is 0.828. The largest absolute Gasteiger partial charge is 0.482 e. The van der Waals surface area contributed by atoms with Gasteiger partial charge in [-0.25, -0.2) is 4.99 Å². The van der Waals surface area contributed by atoms with Crippen molar-refractivity contribution in [3.05, 3.63) is 77.5 Å². The molecule has 5 nitrogen and oxygen atoms in total. The van der Waals surface area contributed by atoms with Crippen LogP contribution in [0.2, 0.25) is 0 Å². The summed E-state index contributed by atoms with van der Waals surface area (Å²) in [6.45, 7) is 2.68. The van der Waals surface area contributed by atoms with Gasteiger partial charge in [-0.15, -0.1) is 0 Å². The Bertz CT molecular complexity index is 1050. The number of nitrogens with one attached hydrogen (secondary N) is 1. The summed E-state index contributed by atoms with van der Waals surface area (Å²) in [7, 11) is 1.73. The molecular formula is C23H24N4O. The number of fused-ring (bicyclic) bond motifs is 1. The van der Waals surface area contributed by atoms with Crippen LogP contribution in [0.25, 0.3) is 10.9 Å². The minimum atomic E-state index is -0.172. The van der Waals surface area contributed by atoms with Crippen LogP contribution in [0.1, 0.15) is 18.3 Å². The van der Waals surface area contributed by atoms with Gasteiger partial charge in [0.15, 0.2) is 5.88 Å². The van der Waals surface area contributed by atoms with Crippen molar-refractivity contribution in [3.63, 3.8) is 0 Å². The molecular weight excluding hydrogens is 348 g/mol. The summed E-state index contributed by atoms with van der Waals surface area (Å²) in [5.41, 5.74) is 5.07. The first-order chi connectivity index (χ1) is 13.8. The van der Waals surface area contributed by atoms with Crippen LogP contribution in [0.15, 0.2) is 76.9 Å². The molecule has 28 heavy (non-hydrogen) atoms. The maximum atomic E-state index is 5.75. The molecule has 2 aliphatic rings.